The van der Waals surface area contributed by atoms with Crippen LogP contribution in [0, 0.1) is 0 Å². The summed E-state index contributed by atoms with van der Waals surface area (Å²) in [6.45, 7) is 2.63. The Bertz CT molecular complexity index is 743. The van der Waals surface area contributed by atoms with E-state index in [0.29, 0.717) is 17.4 Å². The highest BCUT2D eigenvalue weighted by Gasteiger charge is 2.26. The van der Waals surface area contributed by atoms with Crippen LogP contribution in [0.4, 0.5) is 0 Å². The molecule has 1 saturated heterocycles. The van der Waals surface area contributed by atoms with Crippen LogP contribution in [0.5, 0.6) is 0 Å². The van der Waals surface area contributed by atoms with Crippen molar-refractivity contribution in [1.29, 1.82) is 0 Å². The van der Waals surface area contributed by atoms with Gasteiger partial charge >= 0.3 is 0 Å². The molecular weight excluding hydrogens is 284 g/mol. The van der Waals surface area contributed by atoms with Crippen molar-refractivity contribution in [3.8, 4) is 0 Å². The molecular formula is C14H18N6O2. The quantitative estimate of drug-likeness (QED) is 0.681. The highest BCUT2D eigenvalue weighted by Crippen LogP contribution is 2.04. The minimum absolute atomic E-state index is 0.0846. The molecule has 0 spiro atoms. The van der Waals surface area contributed by atoms with Gasteiger partial charge in [-0.15, -0.1) is 5.10 Å². The van der Waals surface area contributed by atoms with Crippen molar-refractivity contribution in [2.24, 2.45) is 0 Å². The number of carbonyl (C=O) groups is 1. The Morgan fingerprint density at radius 3 is 3.00 bits per heavy atom. The zero-order valence-electron chi connectivity index (χ0n) is 12.2. The maximum absolute atomic E-state index is 12.2. The van der Waals surface area contributed by atoms with E-state index in [1.165, 1.54) is 4.68 Å². The largest absolute Gasteiger partial charge is 0.353 e. The van der Waals surface area contributed by atoms with Crippen molar-refractivity contribution in [2.75, 3.05) is 6.54 Å². The lowest BCUT2D eigenvalue weighted by Gasteiger charge is -2.10. The summed E-state index contributed by atoms with van der Waals surface area (Å²) < 4.78 is 1.27. The molecule has 2 heterocycles. The SMILES string of the molecule is CC1CC(C(=O)NCCn2nnc3ccccc3c2=O)NN1. The molecule has 3 rings (SSSR count). The van der Waals surface area contributed by atoms with E-state index >= 15 is 0 Å². The lowest BCUT2D eigenvalue weighted by Crippen LogP contribution is -2.44. The second kappa shape index (κ2) is 6.20. The zero-order valence-corrected chi connectivity index (χ0v) is 12.2. The van der Waals surface area contributed by atoms with Gasteiger partial charge in [0.25, 0.3) is 5.56 Å². The fraction of sp³-hybridized carbons (Fsp3) is 0.429. The van der Waals surface area contributed by atoms with Crippen LogP contribution < -0.4 is 21.7 Å². The zero-order chi connectivity index (χ0) is 15.5. The van der Waals surface area contributed by atoms with Crippen LogP contribution >= 0.6 is 0 Å². The van der Waals surface area contributed by atoms with Crippen LogP contribution in [0.3, 0.4) is 0 Å². The average Bonchev–Trinajstić information content (AvgIpc) is 2.96. The van der Waals surface area contributed by atoms with Crippen molar-refractivity contribution in [3.05, 3.63) is 34.6 Å². The number of nitrogens with zero attached hydrogens (tertiary/aromatic N) is 3. The van der Waals surface area contributed by atoms with Gasteiger partial charge in [-0.3, -0.25) is 15.0 Å². The van der Waals surface area contributed by atoms with Gasteiger partial charge in [0.1, 0.15) is 11.6 Å². The first kappa shape index (κ1) is 14.6. The lowest BCUT2D eigenvalue weighted by molar-refractivity contribution is -0.122. The minimum atomic E-state index is -0.241. The van der Waals surface area contributed by atoms with Gasteiger partial charge in [-0.25, -0.2) is 10.1 Å². The third-order valence-corrected chi connectivity index (χ3v) is 3.66. The molecule has 22 heavy (non-hydrogen) atoms. The summed E-state index contributed by atoms with van der Waals surface area (Å²) in [7, 11) is 0. The van der Waals surface area contributed by atoms with Crippen LogP contribution in [0.2, 0.25) is 0 Å². The number of fused-ring (bicyclic) bond motifs is 1. The van der Waals surface area contributed by atoms with E-state index in [0.717, 1.165) is 6.42 Å². The number of nitrogens with one attached hydrogen (secondary N) is 3. The predicted molar refractivity (Wildman–Crippen MR) is 80.9 cm³/mol. The molecule has 2 unspecified atom stereocenters. The third kappa shape index (κ3) is 2.97. The molecule has 2 atom stereocenters. The molecule has 0 aliphatic carbocycles. The van der Waals surface area contributed by atoms with E-state index in [4.69, 9.17) is 0 Å². The van der Waals surface area contributed by atoms with E-state index in [1.54, 1.807) is 18.2 Å². The number of carbonyl (C=O) groups excluding carboxylic acids is 1. The summed E-state index contributed by atoms with van der Waals surface area (Å²) >= 11 is 0. The Hall–Kier alpha value is -2.32. The van der Waals surface area contributed by atoms with Crippen LogP contribution in [-0.2, 0) is 11.3 Å². The summed E-state index contributed by atoms with van der Waals surface area (Å²) in [4.78, 5) is 24.2. The maximum Gasteiger partial charge on any atom is 0.277 e. The van der Waals surface area contributed by atoms with E-state index in [-0.39, 0.29) is 30.1 Å². The molecule has 0 bridgehead atoms. The normalized spacial score (nSPS) is 21.1. The summed E-state index contributed by atoms with van der Waals surface area (Å²) in [6, 6.07) is 7.09. The maximum atomic E-state index is 12.2. The molecule has 8 heteroatoms. The van der Waals surface area contributed by atoms with Gasteiger partial charge in [0, 0.05) is 12.6 Å². The molecule has 2 aromatic rings. The molecule has 0 radical (unpaired) electrons. The van der Waals surface area contributed by atoms with E-state index in [2.05, 4.69) is 26.5 Å². The standard InChI is InChI=1S/C14H18N6O2/c1-9-8-12(17-16-9)13(21)15-6-7-20-14(22)10-4-2-3-5-11(10)18-19-20/h2-5,9,12,16-17H,6-8H2,1H3,(H,15,21). The van der Waals surface area contributed by atoms with Crippen LogP contribution in [0.15, 0.2) is 29.1 Å². The first-order valence-electron chi connectivity index (χ1n) is 7.26. The van der Waals surface area contributed by atoms with Crippen molar-refractivity contribution >= 4 is 16.8 Å². The number of hydrogen-bond acceptors (Lipinski definition) is 6. The van der Waals surface area contributed by atoms with Gasteiger partial charge in [-0.2, -0.15) is 0 Å². The Labute approximate surface area is 126 Å². The molecule has 0 saturated carbocycles. The second-order valence-electron chi connectivity index (χ2n) is 5.40. The number of aromatic nitrogens is 3. The van der Waals surface area contributed by atoms with Gasteiger partial charge in [0.2, 0.25) is 5.91 Å². The highest BCUT2D eigenvalue weighted by molar-refractivity contribution is 5.82. The smallest absolute Gasteiger partial charge is 0.277 e. The second-order valence-corrected chi connectivity index (χ2v) is 5.40. The molecule has 1 aromatic heterocycles. The van der Waals surface area contributed by atoms with Crippen molar-refractivity contribution in [2.45, 2.75) is 32.0 Å². The molecule has 116 valence electrons. The number of amides is 1. The van der Waals surface area contributed by atoms with Crippen LogP contribution in [0.1, 0.15) is 13.3 Å². The number of rotatable bonds is 4. The predicted octanol–water partition coefficient (Wildman–Crippen LogP) is -0.837. The number of benzene rings is 1. The van der Waals surface area contributed by atoms with Gasteiger partial charge in [-0.1, -0.05) is 17.3 Å². The van der Waals surface area contributed by atoms with E-state index in [9.17, 15) is 9.59 Å². The topological polar surface area (TPSA) is 101 Å². The lowest BCUT2D eigenvalue weighted by atomic mass is 10.1. The average molecular weight is 302 g/mol. The molecule has 1 aliphatic rings. The summed E-state index contributed by atoms with van der Waals surface area (Å²) in [5, 5.41) is 11.2. The van der Waals surface area contributed by atoms with Crippen molar-refractivity contribution in [1.82, 2.24) is 31.2 Å². The highest BCUT2D eigenvalue weighted by atomic mass is 16.2. The Balaban J connectivity index is 1.61. The molecule has 1 fully saturated rings. The van der Waals surface area contributed by atoms with Gasteiger partial charge in [0.05, 0.1) is 11.9 Å². The Morgan fingerprint density at radius 2 is 2.23 bits per heavy atom. The third-order valence-electron chi connectivity index (χ3n) is 3.66. The van der Waals surface area contributed by atoms with Crippen molar-refractivity contribution < 1.29 is 4.79 Å². The summed E-state index contributed by atoms with van der Waals surface area (Å²) in [5.74, 6) is -0.0846. The fourth-order valence-electron chi connectivity index (χ4n) is 2.46. The van der Waals surface area contributed by atoms with Crippen LogP contribution in [-0.4, -0.2) is 39.5 Å². The number of hydrazine groups is 1. The Morgan fingerprint density at radius 1 is 1.41 bits per heavy atom. The van der Waals surface area contributed by atoms with Crippen LogP contribution in [0.25, 0.3) is 10.9 Å². The van der Waals surface area contributed by atoms with Gasteiger partial charge in [-0.05, 0) is 25.5 Å². The Kier molecular flexibility index (Phi) is 4.12. The van der Waals surface area contributed by atoms with E-state index < -0.39 is 0 Å². The fourth-order valence-corrected chi connectivity index (χ4v) is 2.46. The van der Waals surface area contributed by atoms with Gasteiger partial charge in [0.15, 0.2) is 0 Å². The monoisotopic (exact) mass is 302 g/mol. The minimum Gasteiger partial charge on any atom is -0.353 e. The van der Waals surface area contributed by atoms with Crippen molar-refractivity contribution in [3.63, 3.8) is 0 Å². The molecule has 8 nitrogen and oxygen atoms in total. The molecule has 1 amide bonds. The summed E-state index contributed by atoms with van der Waals surface area (Å²) in [6.07, 6.45) is 0.738. The summed E-state index contributed by atoms with van der Waals surface area (Å²) in [5.41, 5.74) is 6.30. The molecule has 3 N–H and O–H groups in total. The number of hydrogen-bond donors (Lipinski definition) is 3. The van der Waals surface area contributed by atoms with E-state index in [1.807, 2.05) is 13.0 Å². The molecule has 1 aromatic carbocycles. The molecule has 1 aliphatic heterocycles. The first-order chi connectivity index (χ1) is 10.6. The van der Waals surface area contributed by atoms with Gasteiger partial charge < -0.3 is 5.32 Å². The first-order valence-corrected chi connectivity index (χ1v) is 7.26.